The van der Waals surface area contributed by atoms with Crippen molar-refractivity contribution in [2.45, 2.75) is 36.6 Å². The Labute approximate surface area is 243 Å². The zero-order valence-corrected chi connectivity index (χ0v) is 25.0. The number of H-pyrrole nitrogens is 1. The molecule has 218 valence electrons. The Morgan fingerprint density at radius 3 is 2.66 bits per heavy atom. The minimum Gasteiger partial charge on any atom is -0.371 e. The normalized spacial score (nSPS) is 21.0. The molecule has 0 spiro atoms. The molecule has 1 amide bonds. The molecule has 2 fully saturated rings. The van der Waals surface area contributed by atoms with Gasteiger partial charge in [-0.2, -0.15) is 0 Å². The average Bonchev–Trinajstić information content (AvgIpc) is 3.60. The van der Waals surface area contributed by atoms with Crippen LogP contribution in [-0.4, -0.2) is 102 Å². The highest BCUT2D eigenvalue weighted by atomic mass is 32.2. The number of primary amides is 1. The first-order valence-corrected chi connectivity index (χ1v) is 16.4. The van der Waals surface area contributed by atoms with Gasteiger partial charge < -0.3 is 15.5 Å². The smallest absolute Gasteiger partial charge is 0.237 e. The van der Waals surface area contributed by atoms with Gasteiger partial charge in [-0.25, -0.2) is 18.4 Å². The molecule has 2 aliphatic rings. The van der Waals surface area contributed by atoms with E-state index in [1.54, 1.807) is 29.8 Å². The van der Waals surface area contributed by atoms with Crippen LogP contribution in [0.5, 0.6) is 0 Å². The van der Waals surface area contributed by atoms with Crippen LogP contribution >= 0.6 is 11.3 Å². The lowest BCUT2D eigenvalue weighted by molar-refractivity contribution is -0.131. The van der Waals surface area contributed by atoms with Gasteiger partial charge in [-0.3, -0.25) is 19.5 Å². The van der Waals surface area contributed by atoms with Crippen LogP contribution in [0.4, 0.5) is 0 Å². The summed E-state index contributed by atoms with van der Waals surface area (Å²) >= 11 is 1.69. The highest BCUT2D eigenvalue weighted by Crippen LogP contribution is 2.39. The van der Waals surface area contributed by atoms with Gasteiger partial charge in [0.2, 0.25) is 5.91 Å². The Morgan fingerprint density at radius 2 is 1.95 bits per heavy atom. The molecule has 1 aromatic carbocycles. The zero-order chi connectivity index (χ0) is 28.9. The number of carbonyl (C=O) groups excluding carboxylic acids is 1. The van der Waals surface area contributed by atoms with Crippen LogP contribution in [0.25, 0.3) is 21.1 Å². The molecule has 41 heavy (non-hydrogen) atoms. The van der Waals surface area contributed by atoms with Gasteiger partial charge in [-0.05, 0) is 43.7 Å². The largest absolute Gasteiger partial charge is 0.371 e. The standard InChI is InChI=1S/C28H35N7O4S2/c1-28(2,27(29)36)35-8-6-33(7-9-35)26(24-14-22-25(40-24)15-30-17-32-22)34-10-11-39-23(16-34)20-12-18(41(3,37)38)13-21-19(20)4-5-31-21/h4-5,12-15,17,23,26,31H,6-11,16H2,1-3H3,(H2,29,36). The molecular weight excluding hydrogens is 562 g/mol. The summed E-state index contributed by atoms with van der Waals surface area (Å²) in [6.07, 6.45) is 6.13. The van der Waals surface area contributed by atoms with E-state index in [1.165, 1.54) is 11.1 Å². The summed E-state index contributed by atoms with van der Waals surface area (Å²) in [4.78, 5) is 32.5. The van der Waals surface area contributed by atoms with Gasteiger partial charge in [0.25, 0.3) is 0 Å². The number of nitrogens with zero attached hydrogens (tertiary/aromatic N) is 5. The van der Waals surface area contributed by atoms with Crippen molar-refractivity contribution in [3.8, 4) is 0 Å². The first-order valence-electron chi connectivity index (χ1n) is 13.7. The summed E-state index contributed by atoms with van der Waals surface area (Å²) in [5.41, 5.74) is 7.56. The molecule has 11 nitrogen and oxygen atoms in total. The molecule has 6 rings (SSSR count). The lowest BCUT2D eigenvalue weighted by Crippen LogP contribution is -2.61. The van der Waals surface area contributed by atoms with Crippen molar-refractivity contribution in [1.82, 2.24) is 29.7 Å². The van der Waals surface area contributed by atoms with E-state index in [4.69, 9.17) is 10.5 Å². The highest BCUT2D eigenvalue weighted by Gasteiger charge is 2.39. The van der Waals surface area contributed by atoms with Crippen LogP contribution in [0, 0.1) is 0 Å². The van der Waals surface area contributed by atoms with Gasteiger partial charge in [0.15, 0.2) is 9.84 Å². The summed E-state index contributed by atoms with van der Waals surface area (Å²) in [6, 6.07) is 7.56. The van der Waals surface area contributed by atoms with Crippen molar-refractivity contribution in [3.63, 3.8) is 0 Å². The van der Waals surface area contributed by atoms with Gasteiger partial charge in [-0.1, -0.05) is 0 Å². The second-order valence-electron chi connectivity index (χ2n) is 11.3. The summed E-state index contributed by atoms with van der Waals surface area (Å²) in [5, 5.41) is 0.959. The summed E-state index contributed by atoms with van der Waals surface area (Å²) in [5.74, 6) is -0.325. The number of benzene rings is 1. The van der Waals surface area contributed by atoms with Crippen molar-refractivity contribution in [2.24, 2.45) is 5.73 Å². The van der Waals surface area contributed by atoms with E-state index in [0.717, 1.165) is 46.3 Å². The highest BCUT2D eigenvalue weighted by molar-refractivity contribution is 7.90. The summed E-state index contributed by atoms with van der Waals surface area (Å²) in [7, 11) is -3.41. The zero-order valence-electron chi connectivity index (χ0n) is 23.4. The number of rotatable bonds is 7. The second-order valence-corrected chi connectivity index (χ2v) is 14.4. The first kappa shape index (κ1) is 28.2. The molecule has 4 aromatic rings. The molecular formula is C28H35N7O4S2. The number of fused-ring (bicyclic) bond motifs is 2. The minimum atomic E-state index is -3.41. The molecule has 3 aromatic heterocycles. The fourth-order valence-corrected chi connectivity index (χ4v) is 7.76. The number of hydrogen-bond donors (Lipinski definition) is 2. The lowest BCUT2D eigenvalue weighted by Gasteiger charge is -2.48. The number of carbonyl (C=O) groups is 1. The van der Waals surface area contributed by atoms with Crippen molar-refractivity contribution in [3.05, 3.63) is 53.4 Å². The molecule has 0 saturated carbocycles. The van der Waals surface area contributed by atoms with Gasteiger partial charge >= 0.3 is 0 Å². The number of aromatic amines is 1. The Morgan fingerprint density at radius 1 is 1.17 bits per heavy atom. The summed E-state index contributed by atoms with van der Waals surface area (Å²) in [6.45, 7) is 8.52. The predicted molar refractivity (Wildman–Crippen MR) is 158 cm³/mol. The topological polar surface area (TPSA) is 138 Å². The van der Waals surface area contributed by atoms with Crippen LogP contribution in [0.3, 0.4) is 0 Å². The molecule has 2 atom stereocenters. The SMILES string of the molecule is CC(C)(C(N)=O)N1CCN(C(c2cc3ncncc3s2)N2CCOC(c3cc(S(C)(=O)=O)cc4[nH]ccc34)C2)CC1. The van der Waals surface area contributed by atoms with E-state index in [0.29, 0.717) is 26.2 Å². The molecule has 2 unspecified atom stereocenters. The Hall–Kier alpha value is -2.94. The number of thiophene rings is 1. The molecule has 0 aliphatic carbocycles. The van der Waals surface area contributed by atoms with E-state index >= 15 is 0 Å². The molecule has 13 heteroatoms. The monoisotopic (exact) mass is 597 g/mol. The number of nitrogens with one attached hydrogen (secondary N) is 1. The lowest BCUT2D eigenvalue weighted by atomic mass is 10.0. The number of hydrogen-bond acceptors (Lipinski definition) is 10. The molecule has 5 heterocycles. The maximum absolute atomic E-state index is 12.5. The maximum Gasteiger partial charge on any atom is 0.237 e. The molecule has 0 radical (unpaired) electrons. The van der Waals surface area contributed by atoms with Crippen LogP contribution in [0.2, 0.25) is 0 Å². The van der Waals surface area contributed by atoms with E-state index in [1.807, 2.05) is 32.3 Å². The van der Waals surface area contributed by atoms with Gasteiger partial charge in [-0.15, -0.1) is 11.3 Å². The molecule has 3 N–H and O–H groups in total. The van der Waals surface area contributed by atoms with E-state index in [9.17, 15) is 13.2 Å². The second kappa shape index (κ2) is 10.7. The third kappa shape index (κ3) is 5.38. The van der Waals surface area contributed by atoms with Crippen LogP contribution < -0.4 is 5.73 Å². The Balaban J connectivity index is 1.34. The van der Waals surface area contributed by atoms with Gasteiger partial charge in [0.1, 0.15) is 6.33 Å². The van der Waals surface area contributed by atoms with Gasteiger partial charge in [0, 0.05) is 73.7 Å². The predicted octanol–water partition coefficient (Wildman–Crippen LogP) is 2.53. The van der Waals surface area contributed by atoms with Crippen LogP contribution in [0.1, 0.15) is 36.6 Å². The first-order chi connectivity index (χ1) is 19.5. The average molecular weight is 598 g/mol. The van der Waals surface area contributed by atoms with E-state index in [-0.39, 0.29) is 23.1 Å². The number of ether oxygens (including phenoxy) is 1. The van der Waals surface area contributed by atoms with Gasteiger partial charge in [0.05, 0.1) is 39.5 Å². The quantitative estimate of drug-likeness (QED) is 0.329. The third-order valence-corrected chi connectivity index (χ3v) is 10.6. The number of aromatic nitrogens is 3. The third-order valence-electron chi connectivity index (χ3n) is 8.42. The minimum absolute atomic E-state index is 0.0424. The van der Waals surface area contributed by atoms with Crippen LogP contribution in [0.15, 0.2) is 47.9 Å². The van der Waals surface area contributed by atoms with E-state index < -0.39 is 15.4 Å². The number of piperazine rings is 1. The fourth-order valence-electron chi connectivity index (χ4n) is 5.93. The fraction of sp³-hybridized carbons (Fsp3) is 0.464. The number of sulfone groups is 1. The van der Waals surface area contributed by atoms with Crippen molar-refractivity contribution >= 4 is 48.2 Å². The Bertz CT molecular complexity index is 1660. The number of amides is 1. The maximum atomic E-state index is 12.5. The van der Waals surface area contributed by atoms with Crippen molar-refractivity contribution in [1.29, 1.82) is 0 Å². The number of morpholine rings is 1. The molecule has 2 saturated heterocycles. The Kier molecular flexibility index (Phi) is 7.37. The number of nitrogens with two attached hydrogens (primary N) is 1. The molecule has 0 bridgehead atoms. The van der Waals surface area contributed by atoms with Crippen molar-refractivity contribution < 1.29 is 17.9 Å². The van der Waals surface area contributed by atoms with Crippen molar-refractivity contribution in [2.75, 3.05) is 52.1 Å². The van der Waals surface area contributed by atoms with Crippen LogP contribution in [-0.2, 0) is 19.4 Å². The van der Waals surface area contributed by atoms with E-state index in [2.05, 4.69) is 35.7 Å². The summed E-state index contributed by atoms with van der Waals surface area (Å²) < 4.78 is 32.4. The molecule has 2 aliphatic heterocycles.